The highest BCUT2D eigenvalue weighted by molar-refractivity contribution is 5.66. The van der Waals surface area contributed by atoms with E-state index in [2.05, 4.69) is 67.7 Å². The maximum Gasteiger partial charge on any atom is 0.0416 e. The third-order valence-corrected chi connectivity index (χ3v) is 3.07. The van der Waals surface area contributed by atoms with Crippen molar-refractivity contribution in [2.45, 2.75) is 26.7 Å². The van der Waals surface area contributed by atoms with E-state index in [9.17, 15) is 0 Å². The molecule has 0 fully saturated rings. The molecule has 0 radical (unpaired) electrons. The van der Waals surface area contributed by atoms with Crippen LogP contribution in [0.15, 0.2) is 48.5 Å². The van der Waals surface area contributed by atoms with Gasteiger partial charge in [0.15, 0.2) is 0 Å². The van der Waals surface area contributed by atoms with E-state index in [4.69, 9.17) is 0 Å². The summed E-state index contributed by atoms with van der Waals surface area (Å²) >= 11 is 0. The number of hydrogen-bond acceptors (Lipinski definition) is 1. The predicted molar refractivity (Wildman–Crippen MR) is 74.9 cm³/mol. The largest absolute Gasteiger partial charge is 0.355 e. The lowest BCUT2D eigenvalue weighted by molar-refractivity contribution is 1.12. The zero-order chi connectivity index (χ0) is 12.1. The molecule has 0 atom stereocenters. The highest BCUT2D eigenvalue weighted by Crippen LogP contribution is 2.24. The normalized spacial score (nSPS) is 10.2. The average Bonchev–Trinajstić information content (AvgIpc) is 2.40. The number of rotatable bonds is 4. The molecule has 0 aromatic heterocycles. The monoisotopic (exact) mass is 225 g/mol. The van der Waals surface area contributed by atoms with Crippen LogP contribution in [0.2, 0.25) is 0 Å². The van der Waals surface area contributed by atoms with Crippen LogP contribution >= 0.6 is 0 Å². The lowest BCUT2D eigenvalue weighted by Crippen LogP contribution is -1.97. The Labute approximate surface area is 103 Å². The first-order valence-electron chi connectivity index (χ1n) is 6.28. The fraction of sp³-hybridized carbons (Fsp3) is 0.250. The molecule has 0 heterocycles. The van der Waals surface area contributed by atoms with E-state index in [0.717, 1.165) is 12.8 Å². The molecule has 17 heavy (non-hydrogen) atoms. The highest BCUT2D eigenvalue weighted by Gasteiger charge is 2.02. The second-order valence-electron chi connectivity index (χ2n) is 4.15. The number of para-hydroxylation sites is 2. The Balaban J connectivity index is 2.31. The molecule has 1 heteroatoms. The van der Waals surface area contributed by atoms with E-state index in [0.29, 0.717) is 0 Å². The van der Waals surface area contributed by atoms with Gasteiger partial charge in [0.1, 0.15) is 0 Å². The van der Waals surface area contributed by atoms with Gasteiger partial charge in [0, 0.05) is 11.4 Å². The number of hydrogen-bond donors (Lipinski definition) is 1. The smallest absolute Gasteiger partial charge is 0.0416 e. The van der Waals surface area contributed by atoms with Gasteiger partial charge < -0.3 is 5.32 Å². The van der Waals surface area contributed by atoms with Crippen molar-refractivity contribution in [3.05, 3.63) is 59.7 Å². The van der Waals surface area contributed by atoms with Crippen LogP contribution < -0.4 is 5.32 Å². The molecule has 88 valence electrons. The van der Waals surface area contributed by atoms with Crippen molar-refractivity contribution in [2.24, 2.45) is 0 Å². The number of benzene rings is 2. The van der Waals surface area contributed by atoms with Crippen molar-refractivity contribution in [3.8, 4) is 0 Å². The molecule has 1 nitrogen and oxygen atoms in total. The van der Waals surface area contributed by atoms with Gasteiger partial charge in [-0.25, -0.2) is 0 Å². The van der Waals surface area contributed by atoms with E-state index >= 15 is 0 Å². The zero-order valence-corrected chi connectivity index (χ0v) is 10.5. The number of aryl methyl sites for hydroxylation is 2. The van der Waals surface area contributed by atoms with Gasteiger partial charge in [-0.15, -0.1) is 0 Å². The van der Waals surface area contributed by atoms with Gasteiger partial charge in [-0.3, -0.25) is 0 Å². The van der Waals surface area contributed by atoms with Crippen LogP contribution in [0.4, 0.5) is 11.4 Å². The van der Waals surface area contributed by atoms with Gasteiger partial charge >= 0.3 is 0 Å². The summed E-state index contributed by atoms with van der Waals surface area (Å²) < 4.78 is 0. The first kappa shape index (κ1) is 11.7. The summed E-state index contributed by atoms with van der Waals surface area (Å²) in [7, 11) is 0. The molecule has 0 aliphatic carbocycles. The Bertz CT molecular complexity index is 443. The molecule has 2 rings (SSSR count). The van der Waals surface area contributed by atoms with Gasteiger partial charge in [-0.05, 0) is 36.1 Å². The molecule has 0 unspecified atom stereocenters. The Kier molecular flexibility index (Phi) is 3.81. The second-order valence-corrected chi connectivity index (χ2v) is 4.15. The first-order valence-corrected chi connectivity index (χ1v) is 6.28. The quantitative estimate of drug-likeness (QED) is 0.804. The van der Waals surface area contributed by atoms with Crippen molar-refractivity contribution in [1.29, 1.82) is 0 Å². The summed E-state index contributed by atoms with van der Waals surface area (Å²) in [4.78, 5) is 0. The maximum atomic E-state index is 3.54. The first-order chi connectivity index (χ1) is 8.35. The molecule has 0 amide bonds. The van der Waals surface area contributed by atoms with Crippen LogP contribution in [0.25, 0.3) is 0 Å². The third-order valence-electron chi connectivity index (χ3n) is 3.07. The van der Waals surface area contributed by atoms with Gasteiger partial charge in [0.05, 0.1) is 0 Å². The van der Waals surface area contributed by atoms with Crippen LogP contribution in [0.5, 0.6) is 0 Å². The summed E-state index contributed by atoms with van der Waals surface area (Å²) in [5.41, 5.74) is 5.16. The molecule has 0 saturated carbocycles. The van der Waals surface area contributed by atoms with E-state index in [-0.39, 0.29) is 0 Å². The maximum absolute atomic E-state index is 3.54. The van der Waals surface area contributed by atoms with Crippen molar-refractivity contribution < 1.29 is 0 Å². The van der Waals surface area contributed by atoms with E-state index < -0.39 is 0 Å². The van der Waals surface area contributed by atoms with Gasteiger partial charge in [-0.2, -0.15) is 0 Å². The van der Waals surface area contributed by atoms with Crippen LogP contribution in [-0.4, -0.2) is 0 Å². The standard InChI is InChI=1S/C16H19N/c1-3-13-9-5-7-11-15(13)17-16-12-8-6-10-14(16)4-2/h5-12,17H,3-4H2,1-2H3. The summed E-state index contributed by atoms with van der Waals surface area (Å²) in [5, 5.41) is 3.54. The summed E-state index contributed by atoms with van der Waals surface area (Å²) in [5.74, 6) is 0. The van der Waals surface area contributed by atoms with Crippen LogP contribution in [0.3, 0.4) is 0 Å². The summed E-state index contributed by atoms with van der Waals surface area (Å²) in [6.07, 6.45) is 2.11. The molecule has 2 aromatic carbocycles. The topological polar surface area (TPSA) is 12.0 Å². The second kappa shape index (κ2) is 5.53. The lowest BCUT2D eigenvalue weighted by atomic mass is 10.1. The minimum Gasteiger partial charge on any atom is -0.355 e. The van der Waals surface area contributed by atoms with Crippen molar-refractivity contribution in [3.63, 3.8) is 0 Å². The minimum absolute atomic E-state index is 1.05. The Hall–Kier alpha value is -1.76. The average molecular weight is 225 g/mol. The predicted octanol–water partition coefficient (Wildman–Crippen LogP) is 4.56. The van der Waals surface area contributed by atoms with Gasteiger partial charge in [-0.1, -0.05) is 50.2 Å². The van der Waals surface area contributed by atoms with Gasteiger partial charge in [0.2, 0.25) is 0 Å². The molecule has 0 aliphatic heterocycles. The summed E-state index contributed by atoms with van der Waals surface area (Å²) in [6.45, 7) is 4.37. The van der Waals surface area contributed by atoms with Crippen LogP contribution in [-0.2, 0) is 12.8 Å². The van der Waals surface area contributed by atoms with Gasteiger partial charge in [0.25, 0.3) is 0 Å². The highest BCUT2D eigenvalue weighted by atomic mass is 14.9. The molecule has 0 spiro atoms. The third kappa shape index (κ3) is 2.68. The Morgan fingerprint density at radius 2 is 1.12 bits per heavy atom. The van der Waals surface area contributed by atoms with Crippen LogP contribution in [0, 0.1) is 0 Å². The number of nitrogens with one attached hydrogen (secondary N) is 1. The molecular formula is C16H19N. The lowest BCUT2D eigenvalue weighted by Gasteiger charge is -2.13. The molecule has 2 aromatic rings. The molecular weight excluding hydrogens is 206 g/mol. The van der Waals surface area contributed by atoms with E-state index in [1.54, 1.807) is 0 Å². The molecule has 0 aliphatic rings. The van der Waals surface area contributed by atoms with Crippen molar-refractivity contribution in [2.75, 3.05) is 5.32 Å². The SMILES string of the molecule is CCc1ccccc1Nc1ccccc1CC. The van der Waals surface area contributed by atoms with E-state index in [1.807, 2.05) is 0 Å². The fourth-order valence-corrected chi connectivity index (χ4v) is 2.05. The molecule has 1 N–H and O–H groups in total. The zero-order valence-electron chi connectivity index (χ0n) is 10.5. The van der Waals surface area contributed by atoms with Crippen molar-refractivity contribution >= 4 is 11.4 Å². The molecule has 0 saturated heterocycles. The Morgan fingerprint density at radius 1 is 0.706 bits per heavy atom. The van der Waals surface area contributed by atoms with Crippen LogP contribution in [0.1, 0.15) is 25.0 Å². The van der Waals surface area contributed by atoms with E-state index in [1.165, 1.54) is 22.5 Å². The fourth-order valence-electron chi connectivity index (χ4n) is 2.05. The summed E-state index contributed by atoms with van der Waals surface area (Å²) in [6, 6.07) is 17.0. The van der Waals surface area contributed by atoms with Crippen molar-refractivity contribution in [1.82, 2.24) is 0 Å². The molecule has 0 bridgehead atoms. The minimum atomic E-state index is 1.05. The Morgan fingerprint density at radius 3 is 1.53 bits per heavy atom. The number of anilines is 2.